The number of alkyl halides is 3. The lowest BCUT2D eigenvalue weighted by Gasteiger charge is -2.12. The highest BCUT2D eigenvalue weighted by Crippen LogP contribution is 2.28. The fourth-order valence-electron chi connectivity index (χ4n) is 0.947. The maximum Gasteiger partial charge on any atom is 0.411 e. The molecule has 7 heteroatoms. The fraction of sp³-hybridized carbons (Fsp3) is 0.500. The molecule has 0 aliphatic heterocycles. The summed E-state index contributed by atoms with van der Waals surface area (Å²) in [5, 5.41) is 1.81. The number of hydrogen-bond donors (Lipinski definition) is 1. The van der Waals surface area contributed by atoms with Crippen molar-refractivity contribution < 1.29 is 17.9 Å². The molecule has 0 aliphatic carbocycles. The molecule has 0 fully saturated rings. The summed E-state index contributed by atoms with van der Waals surface area (Å²) in [5.41, 5.74) is 5.66. The molecule has 0 amide bonds. The quantitative estimate of drug-likeness (QED) is 0.928. The second-order valence-electron chi connectivity index (χ2n) is 2.87. The van der Waals surface area contributed by atoms with Crippen LogP contribution in [-0.4, -0.2) is 19.4 Å². The highest BCUT2D eigenvalue weighted by atomic mass is 79.9. The van der Waals surface area contributed by atoms with Crippen LogP contribution in [0.3, 0.4) is 0 Å². The number of halogens is 4. The maximum absolute atomic E-state index is 11.8. The maximum atomic E-state index is 11.8. The molecule has 1 aromatic rings. The summed E-state index contributed by atoms with van der Waals surface area (Å²) in [6, 6.07) is 1.27. The fourth-order valence-corrected chi connectivity index (χ4v) is 2.60. The van der Waals surface area contributed by atoms with E-state index in [2.05, 4.69) is 20.7 Å². The van der Waals surface area contributed by atoms with Gasteiger partial charge in [-0.25, -0.2) is 0 Å². The van der Waals surface area contributed by atoms with Crippen LogP contribution in [0.2, 0.25) is 0 Å². The Bertz CT molecular complexity index is 315. The molecule has 1 atom stereocenters. The van der Waals surface area contributed by atoms with E-state index >= 15 is 0 Å². The Morgan fingerprint density at radius 2 is 2.20 bits per heavy atom. The standard InChI is InChI=1S/C8H9BrF3NOS/c9-5-1-2-15-7(5)6(13)3-14-4-8(10,11)12/h1-2,6H,3-4,13H2. The monoisotopic (exact) mass is 303 g/mol. The van der Waals surface area contributed by atoms with Gasteiger partial charge in [-0.2, -0.15) is 13.2 Å². The van der Waals surface area contributed by atoms with E-state index in [9.17, 15) is 13.2 Å². The van der Waals surface area contributed by atoms with E-state index in [0.29, 0.717) is 0 Å². The summed E-state index contributed by atoms with van der Waals surface area (Å²) < 4.78 is 40.5. The van der Waals surface area contributed by atoms with E-state index in [-0.39, 0.29) is 6.61 Å². The van der Waals surface area contributed by atoms with E-state index in [4.69, 9.17) is 5.73 Å². The van der Waals surface area contributed by atoms with Crippen LogP contribution >= 0.6 is 27.3 Å². The molecule has 0 radical (unpaired) electrons. The third-order valence-corrected chi connectivity index (χ3v) is 3.55. The summed E-state index contributed by atoms with van der Waals surface area (Å²) in [6.07, 6.45) is -4.30. The molecule has 0 spiro atoms. The molecule has 1 rings (SSSR count). The predicted octanol–water partition coefficient (Wildman–Crippen LogP) is 3.09. The molecule has 0 saturated carbocycles. The second-order valence-corrected chi connectivity index (χ2v) is 4.67. The van der Waals surface area contributed by atoms with Crippen molar-refractivity contribution in [1.29, 1.82) is 0 Å². The second kappa shape index (κ2) is 5.29. The molecule has 0 saturated heterocycles. The summed E-state index contributed by atoms with van der Waals surface area (Å²) in [4.78, 5) is 0.789. The number of hydrogen-bond acceptors (Lipinski definition) is 3. The first kappa shape index (κ1) is 13.0. The lowest BCUT2D eigenvalue weighted by molar-refractivity contribution is -0.174. The van der Waals surface area contributed by atoms with Crippen LogP contribution in [0.5, 0.6) is 0 Å². The van der Waals surface area contributed by atoms with Crippen LogP contribution in [0, 0.1) is 0 Å². The molecule has 0 bridgehead atoms. The molecule has 15 heavy (non-hydrogen) atoms. The first-order chi connectivity index (χ1) is 6.90. The normalized spacial score (nSPS) is 14.2. The Morgan fingerprint density at radius 3 is 2.67 bits per heavy atom. The molecule has 86 valence electrons. The molecular formula is C8H9BrF3NOS. The lowest BCUT2D eigenvalue weighted by atomic mass is 10.3. The van der Waals surface area contributed by atoms with Crippen LogP contribution in [0.25, 0.3) is 0 Å². The van der Waals surface area contributed by atoms with Gasteiger partial charge in [0.1, 0.15) is 6.61 Å². The van der Waals surface area contributed by atoms with Gasteiger partial charge in [0.25, 0.3) is 0 Å². The zero-order valence-corrected chi connectivity index (χ0v) is 9.95. The molecule has 1 unspecified atom stereocenters. The third kappa shape index (κ3) is 4.50. The molecule has 1 heterocycles. The van der Waals surface area contributed by atoms with E-state index in [1.165, 1.54) is 11.3 Å². The Kier molecular flexibility index (Phi) is 4.57. The average molecular weight is 304 g/mol. The highest BCUT2D eigenvalue weighted by molar-refractivity contribution is 9.10. The number of nitrogens with two attached hydrogens (primary N) is 1. The Labute approximate surface area is 97.3 Å². The van der Waals surface area contributed by atoms with Crippen LogP contribution < -0.4 is 5.73 Å². The largest absolute Gasteiger partial charge is 0.411 e. The van der Waals surface area contributed by atoms with Gasteiger partial charge in [0.2, 0.25) is 0 Å². The minimum absolute atomic E-state index is 0.140. The van der Waals surface area contributed by atoms with Gasteiger partial charge < -0.3 is 10.5 Å². The van der Waals surface area contributed by atoms with Gasteiger partial charge in [0.15, 0.2) is 0 Å². The van der Waals surface area contributed by atoms with Crippen molar-refractivity contribution in [3.8, 4) is 0 Å². The molecular weight excluding hydrogens is 295 g/mol. The van der Waals surface area contributed by atoms with Gasteiger partial charge in [-0.1, -0.05) is 0 Å². The van der Waals surface area contributed by atoms with Crippen molar-refractivity contribution >= 4 is 27.3 Å². The molecule has 2 nitrogen and oxygen atoms in total. The van der Waals surface area contributed by atoms with Crippen molar-refractivity contribution in [3.63, 3.8) is 0 Å². The Balaban J connectivity index is 2.37. The van der Waals surface area contributed by atoms with Gasteiger partial charge in [-0.15, -0.1) is 11.3 Å². The average Bonchev–Trinajstić information content (AvgIpc) is 2.48. The van der Waals surface area contributed by atoms with Gasteiger partial charge >= 0.3 is 6.18 Å². The SMILES string of the molecule is NC(COCC(F)(F)F)c1sccc1Br. The molecule has 2 N–H and O–H groups in total. The minimum Gasteiger partial charge on any atom is -0.370 e. The van der Waals surface area contributed by atoms with E-state index in [1.807, 2.05) is 5.38 Å². The van der Waals surface area contributed by atoms with Crippen molar-refractivity contribution in [2.75, 3.05) is 13.2 Å². The topological polar surface area (TPSA) is 35.2 Å². The number of rotatable bonds is 4. The molecule has 0 aromatic carbocycles. The number of ether oxygens (including phenoxy) is 1. The lowest BCUT2D eigenvalue weighted by Crippen LogP contribution is -2.22. The first-order valence-electron chi connectivity index (χ1n) is 4.03. The Morgan fingerprint density at radius 1 is 1.53 bits per heavy atom. The van der Waals surface area contributed by atoms with E-state index < -0.39 is 18.8 Å². The minimum atomic E-state index is -4.30. The summed E-state index contributed by atoms with van der Waals surface area (Å²) in [5.74, 6) is 0. The van der Waals surface area contributed by atoms with Crippen LogP contribution in [0.15, 0.2) is 15.9 Å². The Hall–Kier alpha value is -0.110. The van der Waals surface area contributed by atoms with Crippen molar-refractivity contribution in [2.45, 2.75) is 12.2 Å². The predicted molar refractivity (Wildman–Crippen MR) is 55.8 cm³/mol. The number of thiophene rings is 1. The van der Waals surface area contributed by atoms with Crippen LogP contribution in [-0.2, 0) is 4.74 Å². The smallest absolute Gasteiger partial charge is 0.370 e. The summed E-state index contributed by atoms with van der Waals surface area (Å²) >= 11 is 4.63. The van der Waals surface area contributed by atoms with E-state index in [1.54, 1.807) is 6.07 Å². The van der Waals surface area contributed by atoms with Gasteiger partial charge in [-0.3, -0.25) is 0 Å². The zero-order chi connectivity index (χ0) is 11.5. The highest BCUT2D eigenvalue weighted by Gasteiger charge is 2.27. The van der Waals surface area contributed by atoms with Gasteiger partial charge in [-0.05, 0) is 27.4 Å². The third-order valence-electron chi connectivity index (χ3n) is 1.54. The van der Waals surface area contributed by atoms with Crippen molar-refractivity contribution in [3.05, 3.63) is 20.8 Å². The van der Waals surface area contributed by atoms with Crippen LogP contribution in [0.4, 0.5) is 13.2 Å². The zero-order valence-electron chi connectivity index (χ0n) is 7.55. The summed E-state index contributed by atoms with van der Waals surface area (Å²) in [7, 11) is 0. The first-order valence-corrected chi connectivity index (χ1v) is 5.70. The van der Waals surface area contributed by atoms with Crippen molar-refractivity contribution in [2.24, 2.45) is 5.73 Å². The molecule has 1 aromatic heterocycles. The van der Waals surface area contributed by atoms with Crippen molar-refractivity contribution in [1.82, 2.24) is 0 Å². The van der Waals surface area contributed by atoms with Gasteiger partial charge in [0.05, 0.1) is 12.6 Å². The van der Waals surface area contributed by atoms with Crippen LogP contribution in [0.1, 0.15) is 10.9 Å². The van der Waals surface area contributed by atoms with Gasteiger partial charge in [0, 0.05) is 9.35 Å². The van der Waals surface area contributed by atoms with E-state index in [0.717, 1.165) is 9.35 Å². The summed E-state index contributed by atoms with van der Waals surface area (Å²) in [6.45, 7) is -1.40. The molecule has 0 aliphatic rings.